The van der Waals surface area contributed by atoms with Crippen molar-refractivity contribution in [3.63, 3.8) is 0 Å². The molecule has 7 nitrogen and oxygen atoms in total. The van der Waals surface area contributed by atoms with Crippen molar-refractivity contribution in [2.24, 2.45) is 4.40 Å². The Morgan fingerprint density at radius 3 is 2.39 bits per heavy atom. The second-order valence-corrected chi connectivity index (χ2v) is 9.20. The van der Waals surface area contributed by atoms with Crippen LogP contribution in [0.1, 0.15) is 11.1 Å². The van der Waals surface area contributed by atoms with Crippen molar-refractivity contribution in [2.75, 3.05) is 20.8 Å². The lowest BCUT2D eigenvalue weighted by Crippen LogP contribution is -2.29. The van der Waals surface area contributed by atoms with Crippen LogP contribution in [0.3, 0.4) is 0 Å². The first-order chi connectivity index (χ1) is 14.8. The number of ether oxygens (including phenoxy) is 2. The first-order valence-electron chi connectivity index (χ1n) is 9.25. The van der Waals surface area contributed by atoms with Crippen LogP contribution in [0.15, 0.2) is 69.3 Å². The maximum absolute atomic E-state index is 12.9. The van der Waals surface area contributed by atoms with E-state index in [2.05, 4.69) is 11.0 Å². The van der Waals surface area contributed by atoms with E-state index in [-0.39, 0.29) is 22.5 Å². The summed E-state index contributed by atoms with van der Waals surface area (Å²) in [6.07, 6.45) is 3.18. The van der Waals surface area contributed by atoms with Crippen LogP contribution in [0.25, 0.3) is 6.08 Å². The zero-order chi connectivity index (χ0) is 22.6. The highest BCUT2D eigenvalue weighted by Crippen LogP contribution is 2.35. The van der Waals surface area contributed by atoms with Crippen molar-refractivity contribution >= 4 is 38.9 Å². The first kappa shape index (κ1) is 22.6. The second kappa shape index (κ2) is 9.40. The minimum Gasteiger partial charge on any atom is -0.493 e. The lowest BCUT2D eigenvalue weighted by Gasteiger charge is -2.12. The Morgan fingerprint density at radius 2 is 1.77 bits per heavy atom. The van der Waals surface area contributed by atoms with Gasteiger partial charge in [0, 0.05) is 6.54 Å². The Hall–Kier alpha value is -3.04. The fourth-order valence-corrected chi connectivity index (χ4v) is 5.02. The van der Waals surface area contributed by atoms with Crippen LogP contribution in [0, 0.1) is 6.92 Å². The van der Waals surface area contributed by atoms with E-state index >= 15 is 0 Å². The summed E-state index contributed by atoms with van der Waals surface area (Å²) >= 11 is 0.998. The van der Waals surface area contributed by atoms with E-state index in [4.69, 9.17) is 9.47 Å². The highest BCUT2D eigenvalue weighted by Gasteiger charge is 2.34. The molecule has 0 unspecified atom stereocenters. The topological polar surface area (TPSA) is 85.3 Å². The first-order valence-corrected chi connectivity index (χ1v) is 11.5. The van der Waals surface area contributed by atoms with Gasteiger partial charge in [-0.3, -0.25) is 9.69 Å². The van der Waals surface area contributed by atoms with Crippen LogP contribution in [0.5, 0.6) is 11.5 Å². The number of methoxy groups -OCH3 is 2. The van der Waals surface area contributed by atoms with Crippen LogP contribution in [0.2, 0.25) is 0 Å². The molecular weight excluding hydrogens is 436 g/mol. The summed E-state index contributed by atoms with van der Waals surface area (Å²) in [7, 11) is -0.913. The second-order valence-electron chi connectivity index (χ2n) is 6.59. The molecule has 1 saturated heterocycles. The number of nitrogens with zero attached hydrogens (tertiary/aromatic N) is 2. The van der Waals surface area contributed by atoms with Crippen molar-refractivity contribution in [3.8, 4) is 11.5 Å². The Morgan fingerprint density at radius 1 is 1.10 bits per heavy atom. The summed E-state index contributed by atoms with van der Waals surface area (Å²) in [6, 6.07) is 11.6. The minimum atomic E-state index is -3.98. The molecule has 0 saturated carbocycles. The summed E-state index contributed by atoms with van der Waals surface area (Å²) < 4.78 is 40.0. The van der Waals surface area contributed by atoms with Gasteiger partial charge in [0.1, 0.15) is 0 Å². The van der Waals surface area contributed by atoms with Crippen LogP contribution < -0.4 is 9.47 Å². The predicted octanol–water partition coefficient (Wildman–Crippen LogP) is 3.86. The van der Waals surface area contributed by atoms with E-state index in [0.29, 0.717) is 22.0 Å². The number of amides is 1. The van der Waals surface area contributed by atoms with Gasteiger partial charge < -0.3 is 9.47 Å². The van der Waals surface area contributed by atoms with Gasteiger partial charge in [0.25, 0.3) is 15.9 Å². The molecule has 0 bridgehead atoms. The summed E-state index contributed by atoms with van der Waals surface area (Å²) in [6.45, 7) is 5.65. The molecule has 0 aromatic heterocycles. The molecule has 1 amide bonds. The highest BCUT2D eigenvalue weighted by atomic mass is 32.2. The lowest BCUT2D eigenvalue weighted by molar-refractivity contribution is -0.121. The van der Waals surface area contributed by atoms with Crippen LogP contribution >= 0.6 is 11.8 Å². The van der Waals surface area contributed by atoms with E-state index in [1.807, 2.05) is 6.92 Å². The molecule has 162 valence electrons. The van der Waals surface area contributed by atoms with Gasteiger partial charge in [0.05, 0.1) is 24.0 Å². The number of hydrogen-bond acceptors (Lipinski definition) is 6. The van der Waals surface area contributed by atoms with Gasteiger partial charge in [0.15, 0.2) is 16.7 Å². The molecule has 1 aliphatic rings. The SMILES string of the molecule is C=CCN1C(=O)/C(=C/c2ccc(OC)c(OC)c2)SC1=NS(=O)(=O)c1ccc(C)cc1. The number of thioether (sulfide) groups is 1. The maximum atomic E-state index is 12.9. The molecular formula is C22H22N2O5S2. The fourth-order valence-electron chi connectivity index (χ4n) is 2.83. The van der Waals surface area contributed by atoms with Crippen molar-refractivity contribution < 1.29 is 22.7 Å². The van der Waals surface area contributed by atoms with Crippen molar-refractivity contribution in [1.82, 2.24) is 4.90 Å². The van der Waals surface area contributed by atoms with Gasteiger partial charge in [0.2, 0.25) is 0 Å². The molecule has 0 spiro atoms. The van der Waals surface area contributed by atoms with Gasteiger partial charge in [-0.1, -0.05) is 29.8 Å². The van der Waals surface area contributed by atoms with Crippen LogP contribution in [-0.2, 0) is 14.8 Å². The average molecular weight is 459 g/mol. The van der Waals surface area contributed by atoms with E-state index in [1.54, 1.807) is 36.4 Å². The number of aryl methyl sites for hydroxylation is 1. The molecule has 2 aromatic rings. The summed E-state index contributed by atoms with van der Waals surface area (Å²) in [5.74, 6) is 0.735. The van der Waals surface area contributed by atoms with E-state index < -0.39 is 10.0 Å². The molecule has 31 heavy (non-hydrogen) atoms. The van der Waals surface area contributed by atoms with E-state index in [1.165, 1.54) is 37.3 Å². The van der Waals surface area contributed by atoms with E-state index in [0.717, 1.165) is 17.3 Å². The summed E-state index contributed by atoms with van der Waals surface area (Å²) in [4.78, 5) is 14.6. The van der Waals surface area contributed by atoms with Gasteiger partial charge >= 0.3 is 0 Å². The molecule has 0 atom stereocenters. The minimum absolute atomic E-state index is 0.0644. The fraction of sp³-hybridized carbons (Fsp3) is 0.182. The Bertz CT molecular complexity index is 1170. The molecule has 1 aliphatic heterocycles. The smallest absolute Gasteiger partial charge is 0.284 e. The Labute approximate surface area is 186 Å². The van der Waals surface area contributed by atoms with Crippen molar-refractivity contribution in [2.45, 2.75) is 11.8 Å². The molecule has 1 fully saturated rings. The monoisotopic (exact) mass is 458 g/mol. The van der Waals surface area contributed by atoms with Gasteiger partial charge in [-0.2, -0.15) is 8.42 Å². The van der Waals surface area contributed by atoms with Crippen molar-refractivity contribution in [3.05, 3.63) is 71.2 Å². The zero-order valence-electron chi connectivity index (χ0n) is 17.4. The maximum Gasteiger partial charge on any atom is 0.284 e. The van der Waals surface area contributed by atoms with Gasteiger partial charge in [-0.25, -0.2) is 0 Å². The third-order valence-electron chi connectivity index (χ3n) is 4.42. The van der Waals surface area contributed by atoms with Gasteiger partial charge in [-0.05, 0) is 54.6 Å². The summed E-state index contributed by atoms with van der Waals surface area (Å²) in [5, 5.41) is 0.0807. The number of amidine groups is 1. The quantitative estimate of drug-likeness (QED) is 0.463. The number of hydrogen-bond donors (Lipinski definition) is 0. The largest absolute Gasteiger partial charge is 0.493 e. The van der Waals surface area contributed by atoms with Crippen LogP contribution in [0.4, 0.5) is 0 Å². The van der Waals surface area contributed by atoms with Crippen LogP contribution in [-0.4, -0.2) is 45.2 Å². The lowest BCUT2D eigenvalue weighted by atomic mass is 10.2. The van der Waals surface area contributed by atoms with E-state index in [9.17, 15) is 13.2 Å². The number of carbonyl (C=O) groups is 1. The Balaban J connectivity index is 1.99. The molecule has 1 heterocycles. The molecule has 3 rings (SSSR count). The number of sulfonamides is 1. The summed E-state index contributed by atoms with van der Waals surface area (Å²) in [5.41, 5.74) is 1.64. The molecule has 0 radical (unpaired) electrons. The molecule has 9 heteroatoms. The Kier molecular flexibility index (Phi) is 6.87. The highest BCUT2D eigenvalue weighted by molar-refractivity contribution is 8.19. The number of rotatable bonds is 7. The third-order valence-corrected chi connectivity index (χ3v) is 6.83. The molecule has 0 aliphatic carbocycles. The molecule has 0 N–H and O–H groups in total. The third kappa shape index (κ3) is 5.00. The zero-order valence-corrected chi connectivity index (χ0v) is 19.0. The van der Waals surface area contributed by atoms with Crippen molar-refractivity contribution in [1.29, 1.82) is 0 Å². The normalized spacial score (nSPS) is 16.7. The predicted molar refractivity (Wildman–Crippen MR) is 123 cm³/mol. The average Bonchev–Trinajstić information content (AvgIpc) is 3.02. The number of benzene rings is 2. The van der Waals surface area contributed by atoms with Gasteiger partial charge in [-0.15, -0.1) is 11.0 Å². The standard InChI is InChI=1S/C22H22N2O5S2/c1-5-12-24-21(25)20(14-16-8-11-18(28-3)19(13-16)29-4)30-22(24)23-31(26,27)17-9-6-15(2)7-10-17/h5-11,13-14H,1,12H2,2-4H3/b20-14-,23-22?. The number of carbonyl (C=O) groups excluding carboxylic acids is 1. The molecule has 2 aromatic carbocycles.